The predicted molar refractivity (Wildman–Crippen MR) is 134 cm³/mol. The lowest BCUT2D eigenvalue weighted by atomic mass is 9.99. The second kappa shape index (κ2) is 10.9. The second-order valence-corrected chi connectivity index (χ2v) is 9.28. The average molecular weight is 493 g/mol. The van der Waals surface area contributed by atoms with Gasteiger partial charge in [-0.3, -0.25) is 14.5 Å². The van der Waals surface area contributed by atoms with E-state index in [9.17, 15) is 9.59 Å². The SMILES string of the molecule is CCOC(=O)Cn1nnnc1[C@H](C(C)C)N(Cc1ccco1)Cc1cc2c(C)ccc(C)c2[nH]c1=O. The molecular formula is C26H32N6O4. The molecule has 1 aromatic carbocycles. The summed E-state index contributed by atoms with van der Waals surface area (Å²) in [5.74, 6) is 0.904. The molecule has 1 N–H and O–H groups in total. The van der Waals surface area contributed by atoms with Crippen molar-refractivity contribution in [3.8, 4) is 0 Å². The van der Waals surface area contributed by atoms with Crippen LogP contribution >= 0.6 is 0 Å². The van der Waals surface area contributed by atoms with Crippen molar-refractivity contribution in [3.63, 3.8) is 0 Å². The molecule has 1 atom stereocenters. The standard InChI is InChI=1S/C26H32N6O4/c1-6-35-22(33)15-32-25(28-29-30-32)24(16(2)3)31(14-20-8-7-11-36-20)13-19-12-21-17(4)9-10-18(5)23(21)27-26(19)34/h7-12,16,24H,6,13-15H2,1-5H3,(H,27,34)/t24-/m0/s1. The van der Waals surface area contributed by atoms with Crippen LogP contribution in [0.2, 0.25) is 0 Å². The van der Waals surface area contributed by atoms with Crippen molar-refractivity contribution in [2.75, 3.05) is 6.61 Å². The summed E-state index contributed by atoms with van der Waals surface area (Å²) >= 11 is 0. The van der Waals surface area contributed by atoms with E-state index in [1.807, 2.05) is 38.1 Å². The van der Waals surface area contributed by atoms with E-state index in [0.29, 0.717) is 24.5 Å². The Balaban J connectivity index is 1.76. The summed E-state index contributed by atoms with van der Waals surface area (Å²) in [6.45, 7) is 10.8. The highest BCUT2D eigenvalue weighted by Crippen LogP contribution is 2.30. The number of tetrazole rings is 1. The minimum Gasteiger partial charge on any atom is -0.468 e. The Morgan fingerprint density at radius 1 is 1.19 bits per heavy atom. The number of pyridine rings is 1. The molecule has 0 aliphatic rings. The lowest BCUT2D eigenvalue weighted by Gasteiger charge is -2.32. The van der Waals surface area contributed by atoms with Crippen molar-refractivity contribution >= 4 is 16.9 Å². The zero-order valence-corrected chi connectivity index (χ0v) is 21.3. The molecule has 0 bridgehead atoms. The molecule has 0 unspecified atom stereocenters. The van der Waals surface area contributed by atoms with E-state index in [4.69, 9.17) is 9.15 Å². The van der Waals surface area contributed by atoms with Crippen LogP contribution < -0.4 is 5.56 Å². The minimum atomic E-state index is -0.414. The van der Waals surface area contributed by atoms with Crippen LogP contribution in [0.1, 0.15) is 55.1 Å². The Kier molecular flexibility index (Phi) is 7.64. The fourth-order valence-corrected chi connectivity index (χ4v) is 4.56. The number of hydrogen-bond acceptors (Lipinski definition) is 8. The summed E-state index contributed by atoms with van der Waals surface area (Å²) in [5.41, 5.74) is 3.43. The monoisotopic (exact) mass is 492 g/mol. The molecule has 0 spiro atoms. The molecule has 0 aliphatic carbocycles. The number of aryl methyl sites for hydroxylation is 2. The Labute approximate surface area is 209 Å². The molecule has 0 saturated heterocycles. The fraction of sp³-hybridized carbons (Fsp3) is 0.423. The highest BCUT2D eigenvalue weighted by molar-refractivity contribution is 5.85. The van der Waals surface area contributed by atoms with Gasteiger partial charge in [-0.1, -0.05) is 26.0 Å². The molecule has 0 radical (unpaired) electrons. The van der Waals surface area contributed by atoms with Gasteiger partial charge in [0.2, 0.25) is 0 Å². The first-order chi connectivity index (χ1) is 17.3. The van der Waals surface area contributed by atoms with Crippen LogP contribution in [0.25, 0.3) is 10.9 Å². The van der Waals surface area contributed by atoms with Gasteiger partial charge in [0.15, 0.2) is 5.82 Å². The Morgan fingerprint density at radius 3 is 2.67 bits per heavy atom. The van der Waals surface area contributed by atoms with Crippen LogP contribution in [0.15, 0.2) is 45.8 Å². The van der Waals surface area contributed by atoms with E-state index >= 15 is 0 Å². The molecule has 0 fully saturated rings. The van der Waals surface area contributed by atoms with Gasteiger partial charge in [0.25, 0.3) is 5.56 Å². The summed E-state index contributed by atoms with van der Waals surface area (Å²) in [6, 6.07) is 9.44. The predicted octanol–water partition coefficient (Wildman–Crippen LogP) is 3.69. The molecule has 0 saturated carbocycles. The molecule has 0 amide bonds. The van der Waals surface area contributed by atoms with Gasteiger partial charge < -0.3 is 14.1 Å². The summed E-state index contributed by atoms with van der Waals surface area (Å²) in [5, 5.41) is 13.2. The molecule has 3 aromatic heterocycles. The van der Waals surface area contributed by atoms with Gasteiger partial charge in [-0.25, -0.2) is 4.68 Å². The van der Waals surface area contributed by atoms with E-state index < -0.39 is 5.97 Å². The van der Waals surface area contributed by atoms with Crippen molar-refractivity contribution in [1.82, 2.24) is 30.1 Å². The van der Waals surface area contributed by atoms with Crippen LogP contribution in [-0.2, 0) is 29.2 Å². The van der Waals surface area contributed by atoms with Gasteiger partial charge in [-0.2, -0.15) is 0 Å². The first-order valence-electron chi connectivity index (χ1n) is 12.1. The van der Waals surface area contributed by atoms with Gasteiger partial charge in [-0.05, 0) is 66.4 Å². The molecule has 0 aliphatic heterocycles. The van der Waals surface area contributed by atoms with E-state index in [1.54, 1.807) is 13.2 Å². The number of nitrogens with one attached hydrogen (secondary N) is 1. The number of nitrogens with zero attached hydrogens (tertiary/aromatic N) is 5. The Morgan fingerprint density at radius 2 is 1.97 bits per heavy atom. The van der Waals surface area contributed by atoms with Gasteiger partial charge in [0.05, 0.1) is 31.0 Å². The normalized spacial score (nSPS) is 12.5. The Hall–Kier alpha value is -3.79. The fourth-order valence-electron chi connectivity index (χ4n) is 4.56. The lowest BCUT2D eigenvalue weighted by molar-refractivity contribution is -0.144. The first-order valence-corrected chi connectivity index (χ1v) is 12.1. The zero-order valence-electron chi connectivity index (χ0n) is 21.3. The topological polar surface area (TPSA) is 119 Å². The number of H-pyrrole nitrogens is 1. The average Bonchev–Trinajstić information content (AvgIpc) is 3.50. The maximum absolute atomic E-state index is 13.2. The van der Waals surface area contributed by atoms with Crippen molar-refractivity contribution in [2.45, 2.75) is 60.3 Å². The highest BCUT2D eigenvalue weighted by Gasteiger charge is 2.31. The number of hydrogen-bond donors (Lipinski definition) is 1. The molecule has 190 valence electrons. The zero-order chi connectivity index (χ0) is 25.8. The second-order valence-electron chi connectivity index (χ2n) is 9.28. The number of rotatable bonds is 10. The molecular weight excluding hydrogens is 460 g/mol. The molecule has 3 heterocycles. The number of aromatic nitrogens is 5. The third-order valence-electron chi connectivity index (χ3n) is 6.27. The number of carbonyl (C=O) groups is 1. The van der Waals surface area contributed by atoms with E-state index in [1.165, 1.54) is 4.68 Å². The van der Waals surface area contributed by atoms with Gasteiger partial charge in [-0.15, -0.1) is 5.10 Å². The number of esters is 1. The molecule has 4 rings (SSSR count). The lowest BCUT2D eigenvalue weighted by Crippen LogP contribution is -2.35. The number of benzene rings is 1. The van der Waals surface area contributed by atoms with Crippen LogP contribution in [0.4, 0.5) is 0 Å². The third kappa shape index (κ3) is 5.38. The molecule has 10 nitrogen and oxygen atoms in total. The maximum atomic E-state index is 13.2. The molecule has 4 aromatic rings. The first kappa shape index (κ1) is 25.3. The number of furan rings is 1. The summed E-state index contributed by atoms with van der Waals surface area (Å²) < 4.78 is 12.2. The van der Waals surface area contributed by atoms with Crippen molar-refractivity contribution in [2.24, 2.45) is 5.92 Å². The van der Waals surface area contributed by atoms with Gasteiger partial charge in [0, 0.05) is 17.5 Å². The van der Waals surface area contributed by atoms with Crippen molar-refractivity contribution in [1.29, 1.82) is 0 Å². The number of carbonyl (C=O) groups excluding carboxylic acids is 1. The van der Waals surface area contributed by atoms with E-state index in [2.05, 4.69) is 45.3 Å². The summed E-state index contributed by atoms with van der Waals surface area (Å²) in [6.07, 6.45) is 1.62. The minimum absolute atomic E-state index is 0.0513. The maximum Gasteiger partial charge on any atom is 0.327 e. The van der Waals surface area contributed by atoms with Crippen LogP contribution in [0.3, 0.4) is 0 Å². The highest BCUT2D eigenvalue weighted by atomic mass is 16.5. The third-order valence-corrected chi connectivity index (χ3v) is 6.27. The van der Waals surface area contributed by atoms with Crippen LogP contribution in [-0.4, -0.2) is 42.7 Å². The van der Waals surface area contributed by atoms with Crippen LogP contribution in [0, 0.1) is 19.8 Å². The largest absolute Gasteiger partial charge is 0.468 e. The number of fused-ring (bicyclic) bond motifs is 1. The summed E-state index contributed by atoms with van der Waals surface area (Å²) in [4.78, 5) is 30.6. The molecule has 36 heavy (non-hydrogen) atoms. The van der Waals surface area contributed by atoms with Crippen LogP contribution in [0.5, 0.6) is 0 Å². The van der Waals surface area contributed by atoms with Gasteiger partial charge in [0.1, 0.15) is 12.3 Å². The number of aromatic amines is 1. The summed E-state index contributed by atoms with van der Waals surface area (Å²) in [7, 11) is 0. The molecule has 10 heteroatoms. The smallest absolute Gasteiger partial charge is 0.327 e. The van der Waals surface area contributed by atoms with E-state index in [-0.39, 0.29) is 30.7 Å². The van der Waals surface area contributed by atoms with E-state index in [0.717, 1.165) is 27.8 Å². The van der Waals surface area contributed by atoms with Gasteiger partial charge >= 0.3 is 5.97 Å². The Bertz CT molecular complexity index is 1390. The number of ether oxygens (including phenoxy) is 1. The van der Waals surface area contributed by atoms with Crippen molar-refractivity contribution < 1.29 is 13.9 Å². The van der Waals surface area contributed by atoms with Crippen molar-refractivity contribution in [3.05, 3.63) is 75.2 Å². The quantitative estimate of drug-likeness (QED) is 0.333.